The Morgan fingerprint density at radius 3 is 2.29 bits per heavy atom. The molecule has 0 atom stereocenters. The molecule has 0 radical (unpaired) electrons. The van der Waals surface area contributed by atoms with E-state index in [1.54, 1.807) is 13.0 Å². The first kappa shape index (κ1) is 19.4. The highest BCUT2D eigenvalue weighted by molar-refractivity contribution is 6.03. The number of nitrogens with one attached hydrogen (secondary N) is 2. The van der Waals surface area contributed by atoms with Crippen molar-refractivity contribution in [1.29, 1.82) is 0 Å². The number of carbonyl (C=O) groups is 1. The zero-order chi connectivity index (χ0) is 20.3. The molecule has 6 nitrogen and oxygen atoms in total. The number of nitrogens with zero attached hydrogens (tertiary/aromatic N) is 3. The molecule has 0 saturated heterocycles. The van der Waals surface area contributed by atoms with Crippen LogP contribution in [-0.2, 0) is 0 Å². The van der Waals surface area contributed by atoms with Gasteiger partial charge in [0, 0.05) is 37.2 Å². The minimum atomic E-state index is -0.261. The van der Waals surface area contributed by atoms with Gasteiger partial charge in [0.15, 0.2) is 0 Å². The van der Waals surface area contributed by atoms with E-state index in [4.69, 9.17) is 0 Å². The molecule has 1 aromatic heterocycles. The van der Waals surface area contributed by atoms with Gasteiger partial charge in [-0.05, 0) is 56.7 Å². The highest BCUT2D eigenvalue weighted by atomic mass is 16.1. The third-order valence-electron chi connectivity index (χ3n) is 4.36. The smallest absolute Gasteiger partial charge is 0.274 e. The number of aryl methyl sites for hydroxylation is 3. The standard InChI is InChI=1S/C22H25N5O/c1-14-6-11-19(15(2)12-14)26-22(28)20-13-21(24-16(3)23-20)25-17-7-9-18(10-8-17)27(4)5/h6-13H,1-5H3,(H,26,28)(H,23,24,25). The molecule has 2 aromatic carbocycles. The monoisotopic (exact) mass is 375 g/mol. The van der Waals surface area contributed by atoms with E-state index >= 15 is 0 Å². The fourth-order valence-electron chi connectivity index (χ4n) is 2.88. The fourth-order valence-corrected chi connectivity index (χ4v) is 2.88. The van der Waals surface area contributed by atoms with Crippen molar-refractivity contribution >= 4 is 28.8 Å². The molecule has 1 heterocycles. The second-order valence-corrected chi connectivity index (χ2v) is 7.02. The van der Waals surface area contributed by atoms with E-state index in [1.807, 2.05) is 75.3 Å². The number of hydrogen-bond donors (Lipinski definition) is 2. The first-order valence-electron chi connectivity index (χ1n) is 9.10. The van der Waals surface area contributed by atoms with Crippen molar-refractivity contribution < 1.29 is 4.79 Å². The SMILES string of the molecule is Cc1ccc(NC(=O)c2cc(Nc3ccc(N(C)C)cc3)nc(C)n2)c(C)c1. The summed E-state index contributed by atoms with van der Waals surface area (Å²) in [5, 5.41) is 6.17. The van der Waals surface area contributed by atoms with Crippen LogP contribution in [0.25, 0.3) is 0 Å². The number of rotatable bonds is 5. The van der Waals surface area contributed by atoms with E-state index in [2.05, 4.69) is 20.6 Å². The quantitative estimate of drug-likeness (QED) is 0.689. The van der Waals surface area contributed by atoms with Crippen LogP contribution in [0, 0.1) is 20.8 Å². The molecule has 0 aliphatic carbocycles. The Hall–Kier alpha value is -3.41. The van der Waals surface area contributed by atoms with E-state index in [-0.39, 0.29) is 5.91 Å². The average Bonchev–Trinajstić information content (AvgIpc) is 2.64. The molecule has 3 rings (SSSR count). The van der Waals surface area contributed by atoms with Crippen LogP contribution in [0.2, 0.25) is 0 Å². The molecule has 0 aliphatic heterocycles. The maximum absolute atomic E-state index is 12.7. The summed E-state index contributed by atoms with van der Waals surface area (Å²) in [5.41, 5.74) is 5.27. The molecule has 0 saturated carbocycles. The van der Waals surface area contributed by atoms with Crippen LogP contribution < -0.4 is 15.5 Å². The predicted octanol–water partition coefficient (Wildman–Crippen LogP) is 4.46. The van der Waals surface area contributed by atoms with E-state index in [0.29, 0.717) is 17.3 Å². The molecule has 0 spiro atoms. The molecular formula is C22H25N5O. The van der Waals surface area contributed by atoms with Gasteiger partial charge in [-0.1, -0.05) is 17.7 Å². The van der Waals surface area contributed by atoms with Gasteiger partial charge in [0.1, 0.15) is 17.3 Å². The summed E-state index contributed by atoms with van der Waals surface area (Å²) in [6.45, 7) is 5.77. The van der Waals surface area contributed by atoms with Crippen molar-refractivity contribution in [1.82, 2.24) is 9.97 Å². The third-order valence-corrected chi connectivity index (χ3v) is 4.36. The molecule has 2 N–H and O–H groups in total. The number of carbonyl (C=O) groups excluding carboxylic acids is 1. The molecule has 0 unspecified atom stereocenters. The summed E-state index contributed by atoms with van der Waals surface area (Å²) in [7, 11) is 3.99. The zero-order valence-corrected chi connectivity index (χ0v) is 16.9. The van der Waals surface area contributed by atoms with Gasteiger partial charge in [-0.25, -0.2) is 9.97 Å². The largest absolute Gasteiger partial charge is 0.378 e. The molecule has 6 heteroatoms. The molecule has 0 aliphatic rings. The minimum absolute atomic E-state index is 0.261. The van der Waals surface area contributed by atoms with E-state index in [1.165, 1.54) is 0 Å². The zero-order valence-electron chi connectivity index (χ0n) is 16.9. The van der Waals surface area contributed by atoms with Crippen LogP contribution in [0.1, 0.15) is 27.4 Å². The van der Waals surface area contributed by atoms with Gasteiger partial charge in [0.25, 0.3) is 5.91 Å². The van der Waals surface area contributed by atoms with Gasteiger partial charge in [0.2, 0.25) is 0 Å². The van der Waals surface area contributed by atoms with Gasteiger partial charge >= 0.3 is 0 Å². The van der Waals surface area contributed by atoms with Crippen LogP contribution >= 0.6 is 0 Å². The van der Waals surface area contributed by atoms with Gasteiger partial charge in [-0.3, -0.25) is 4.79 Å². The molecule has 3 aromatic rings. The maximum atomic E-state index is 12.7. The Morgan fingerprint density at radius 2 is 1.64 bits per heavy atom. The Balaban J connectivity index is 1.79. The second-order valence-electron chi connectivity index (χ2n) is 7.02. The van der Waals surface area contributed by atoms with Crippen LogP contribution in [0.15, 0.2) is 48.5 Å². The van der Waals surface area contributed by atoms with Crippen molar-refractivity contribution in [2.45, 2.75) is 20.8 Å². The average molecular weight is 375 g/mol. The molecule has 0 fully saturated rings. The van der Waals surface area contributed by atoms with E-state index < -0.39 is 0 Å². The van der Waals surface area contributed by atoms with Gasteiger partial charge in [-0.2, -0.15) is 0 Å². The van der Waals surface area contributed by atoms with Crippen LogP contribution in [0.5, 0.6) is 0 Å². The number of hydrogen-bond acceptors (Lipinski definition) is 5. The number of amides is 1. The molecule has 0 bridgehead atoms. The summed E-state index contributed by atoms with van der Waals surface area (Å²) in [5.74, 6) is 0.847. The van der Waals surface area contributed by atoms with Crippen molar-refractivity contribution in [3.8, 4) is 0 Å². The number of benzene rings is 2. The lowest BCUT2D eigenvalue weighted by Gasteiger charge is -2.14. The van der Waals surface area contributed by atoms with Crippen molar-refractivity contribution in [2.24, 2.45) is 0 Å². The first-order chi connectivity index (χ1) is 13.3. The van der Waals surface area contributed by atoms with Gasteiger partial charge in [0.05, 0.1) is 0 Å². The van der Waals surface area contributed by atoms with E-state index in [0.717, 1.165) is 28.2 Å². The normalized spacial score (nSPS) is 10.5. The third kappa shape index (κ3) is 4.65. The molecule has 1 amide bonds. The number of anilines is 4. The molecular weight excluding hydrogens is 350 g/mol. The van der Waals surface area contributed by atoms with Crippen LogP contribution in [0.3, 0.4) is 0 Å². The maximum Gasteiger partial charge on any atom is 0.274 e. The Labute approximate surface area is 165 Å². The van der Waals surface area contributed by atoms with Gasteiger partial charge in [-0.15, -0.1) is 0 Å². The highest BCUT2D eigenvalue weighted by Gasteiger charge is 2.12. The molecule has 28 heavy (non-hydrogen) atoms. The van der Waals surface area contributed by atoms with E-state index in [9.17, 15) is 4.79 Å². The Kier molecular flexibility index (Phi) is 5.59. The fraction of sp³-hybridized carbons (Fsp3) is 0.227. The Morgan fingerprint density at radius 1 is 0.929 bits per heavy atom. The lowest BCUT2D eigenvalue weighted by atomic mass is 10.1. The van der Waals surface area contributed by atoms with Crippen LogP contribution in [-0.4, -0.2) is 30.0 Å². The van der Waals surface area contributed by atoms with Gasteiger partial charge < -0.3 is 15.5 Å². The number of aromatic nitrogens is 2. The first-order valence-corrected chi connectivity index (χ1v) is 9.10. The van der Waals surface area contributed by atoms with Crippen molar-refractivity contribution in [3.05, 3.63) is 71.2 Å². The lowest BCUT2D eigenvalue weighted by molar-refractivity contribution is 0.102. The minimum Gasteiger partial charge on any atom is -0.378 e. The van der Waals surface area contributed by atoms with Crippen LogP contribution in [0.4, 0.5) is 22.9 Å². The summed E-state index contributed by atoms with van der Waals surface area (Å²) >= 11 is 0. The summed E-state index contributed by atoms with van der Waals surface area (Å²) in [4.78, 5) is 23.4. The topological polar surface area (TPSA) is 70.2 Å². The Bertz CT molecular complexity index is 996. The molecule has 144 valence electrons. The lowest BCUT2D eigenvalue weighted by Crippen LogP contribution is -2.16. The highest BCUT2D eigenvalue weighted by Crippen LogP contribution is 2.21. The van der Waals surface area contributed by atoms with Crippen molar-refractivity contribution in [3.63, 3.8) is 0 Å². The predicted molar refractivity (Wildman–Crippen MR) is 115 cm³/mol. The summed E-state index contributed by atoms with van der Waals surface area (Å²) < 4.78 is 0. The summed E-state index contributed by atoms with van der Waals surface area (Å²) in [6, 6.07) is 15.6. The summed E-state index contributed by atoms with van der Waals surface area (Å²) in [6.07, 6.45) is 0. The second kappa shape index (κ2) is 8.08. The van der Waals surface area contributed by atoms with Crippen molar-refractivity contribution in [2.75, 3.05) is 29.6 Å².